The maximum atomic E-state index is 11.6. The zero-order valence-electron chi connectivity index (χ0n) is 11.2. The minimum atomic E-state index is -0.335. The molecule has 3 heteroatoms. The van der Waals surface area contributed by atoms with Crippen LogP contribution in [0.15, 0.2) is 24.3 Å². The molecule has 0 N–H and O–H groups in total. The van der Waals surface area contributed by atoms with E-state index in [0.29, 0.717) is 12.3 Å². The van der Waals surface area contributed by atoms with Crippen molar-refractivity contribution in [3.8, 4) is 0 Å². The van der Waals surface area contributed by atoms with E-state index in [1.54, 1.807) is 0 Å². The van der Waals surface area contributed by atoms with E-state index in [2.05, 4.69) is 18.6 Å². The maximum absolute atomic E-state index is 11.6. The summed E-state index contributed by atoms with van der Waals surface area (Å²) in [6, 6.07) is 8.05. The van der Waals surface area contributed by atoms with Gasteiger partial charge >= 0.3 is 5.97 Å². The number of carbonyl (C=O) groups is 2. The molecule has 0 heterocycles. The zero-order valence-corrected chi connectivity index (χ0v) is 11.2. The van der Waals surface area contributed by atoms with Crippen LogP contribution in [-0.4, -0.2) is 18.9 Å². The summed E-state index contributed by atoms with van der Waals surface area (Å²) in [6.45, 7) is 4.27. The van der Waals surface area contributed by atoms with Crippen LogP contribution in [0.1, 0.15) is 43.7 Å². The molecule has 1 rings (SSSR count). The number of esters is 1. The molecule has 18 heavy (non-hydrogen) atoms. The maximum Gasteiger partial charge on any atom is 0.305 e. The third-order valence-electron chi connectivity index (χ3n) is 2.88. The van der Waals surface area contributed by atoms with Crippen molar-refractivity contribution in [1.29, 1.82) is 0 Å². The highest BCUT2D eigenvalue weighted by atomic mass is 16.5. The summed E-state index contributed by atoms with van der Waals surface area (Å²) >= 11 is 0. The highest BCUT2D eigenvalue weighted by Crippen LogP contribution is 2.15. The molecule has 0 saturated heterocycles. The fourth-order valence-electron chi connectivity index (χ4n) is 1.68. The van der Waals surface area contributed by atoms with Gasteiger partial charge in [-0.2, -0.15) is 0 Å². The molecule has 0 aliphatic heterocycles. The van der Waals surface area contributed by atoms with Gasteiger partial charge in [-0.3, -0.25) is 9.59 Å². The minimum absolute atomic E-state index is 0.0673. The molecule has 0 spiro atoms. The SMILES string of the molecule is COC(=O)CCC(=O)Cc1ccc(C(C)C)cc1. The van der Waals surface area contributed by atoms with Gasteiger partial charge in [0, 0.05) is 12.8 Å². The lowest BCUT2D eigenvalue weighted by Crippen LogP contribution is -2.07. The Balaban J connectivity index is 2.47. The molecule has 1 aromatic carbocycles. The number of rotatable bonds is 6. The first kappa shape index (κ1) is 14.4. The lowest BCUT2D eigenvalue weighted by Gasteiger charge is -2.06. The summed E-state index contributed by atoms with van der Waals surface area (Å²) in [5.41, 5.74) is 2.26. The minimum Gasteiger partial charge on any atom is -0.469 e. The second-order valence-electron chi connectivity index (χ2n) is 4.69. The highest BCUT2D eigenvalue weighted by molar-refractivity contribution is 5.84. The van der Waals surface area contributed by atoms with Gasteiger partial charge in [0.15, 0.2) is 0 Å². The van der Waals surface area contributed by atoms with Gasteiger partial charge in [0.25, 0.3) is 0 Å². The molecule has 0 bridgehead atoms. The number of Topliss-reactive ketones (excluding diaryl/α,β-unsaturated/α-hetero) is 1. The summed E-state index contributed by atoms with van der Waals surface area (Å²) in [5.74, 6) is 0.227. The van der Waals surface area contributed by atoms with E-state index in [1.165, 1.54) is 12.7 Å². The average Bonchev–Trinajstić information content (AvgIpc) is 2.36. The number of carbonyl (C=O) groups excluding carboxylic acids is 2. The number of benzene rings is 1. The average molecular weight is 248 g/mol. The van der Waals surface area contributed by atoms with Crippen LogP contribution in [0.3, 0.4) is 0 Å². The van der Waals surface area contributed by atoms with E-state index in [-0.39, 0.29) is 24.6 Å². The topological polar surface area (TPSA) is 43.4 Å². The lowest BCUT2D eigenvalue weighted by molar-refractivity contribution is -0.141. The van der Waals surface area contributed by atoms with Crippen molar-refractivity contribution in [2.45, 2.75) is 39.0 Å². The molecule has 0 atom stereocenters. The van der Waals surface area contributed by atoms with E-state index in [1.807, 2.05) is 24.3 Å². The molecule has 98 valence electrons. The van der Waals surface area contributed by atoms with Gasteiger partial charge in [0.2, 0.25) is 0 Å². The first-order valence-electron chi connectivity index (χ1n) is 6.20. The fourth-order valence-corrected chi connectivity index (χ4v) is 1.68. The molecule has 3 nitrogen and oxygen atoms in total. The molecule has 0 saturated carbocycles. The van der Waals surface area contributed by atoms with Gasteiger partial charge in [-0.05, 0) is 17.0 Å². The second kappa shape index (κ2) is 6.94. The molecular weight excluding hydrogens is 228 g/mol. The van der Waals surface area contributed by atoms with Crippen LogP contribution in [0.4, 0.5) is 0 Å². The summed E-state index contributed by atoms with van der Waals surface area (Å²) in [4.78, 5) is 22.6. The van der Waals surface area contributed by atoms with Gasteiger partial charge in [-0.25, -0.2) is 0 Å². The predicted octanol–water partition coefficient (Wildman–Crippen LogP) is 2.87. The quantitative estimate of drug-likeness (QED) is 0.727. The van der Waals surface area contributed by atoms with Gasteiger partial charge in [0.1, 0.15) is 5.78 Å². The Hall–Kier alpha value is -1.64. The number of methoxy groups -OCH3 is 1. The lowest BCUT2D eigenvalue weighted by atomic mass is 9.99. The Morgan fingerprint density at radius 2 is 1.72 bits per heavy atom. The predicted molar refractivity (Wildman–Crippen MR) is 70.5 cm³/mol. The van der Waals surface area contributed by atoms with E-state index < -0.39 is 0 Å². The highest BCUT2D eigenvalue weighted by Gasteiger charge is 2.08. The smallest absolute Gasteiger partial charge is 0.305 e. The Kier molecular flexibility index (Phi) is 5.56. The molecule has 0 aromatic heterocycles. The molecule has 0 fully saturated rings. The van der Waals surface area contributed by atoms with Crippen molar-refractivity contribution in [3.63, 3.8) is 0 Å². The number of hydrogen-bond donors (Lipinski definition) is 0. The summed E-state index contributed by atoms with van der Waals surface area (Å²) in [7, 11) is 1.33. The third kappa shape index (κ3) is 4.70. The third-order valence-corrected chi connectivity index (χ3v) is 2.88. The summed E-state index contributed by atoms with van der Waals surface area (Å²) in [5, 5.41) is 0. The van der Waals surface area contributed by atoms with E-state index in [4.69, 9.17) is 0 Å². The van der Waals surface area contributed by atoms with Crippen LogP contribution in [0.2, 0.25) is 0 Å². The molecule has 0 unspecified atom stereocenters. The van der Waals surface area contributed by atoms with Gasteiger partial charge in [0.05, 0.1) is 13.5 Å². The van der Waals surface area contributed by atoms with Crippen molar-refractivity contribution in [2.24, 2.45) is 0 Å². The van der Waals surface area contributed by atoms with Crippen LogP contribution in [-0.2, 0) is 20.7 Å². The Labute approximate surface area is 108 Å². The second-order valence-corrected chi connectivity index (χ2v) is 4.69. The van der Waals surface area contributed by atoms with Gasteiger partial charge in [-0.15, -0.1) is 0 Å². The monoisotopic (exact) mass is 248 g/mol. The normalized spacial score (nSPS) is 10.4. The van der Waals surface area contributed by atoms with E-state index >= 15 is 0 Å². The zero-order chi connectivity index (χ0) is 13.5. The van der Waals surface area contributed by atoms with E-state index in [0.717, 1.165) is 5.56 Å². The molecule has 0 aliphatic carbocycles. The Morgan fingerprint density at radius 3 is 2.22 bits per heavy atom. The summed E-state index contributed by atoms with van der Waals surface area (Å²) in [6.07, 6.45) is 0.799. The molecule has 0 aliphatic rings. The number of hydrogen-bond acceptors (Lipinski definition) is 3. The molecule has 0 radical (unpaired) electrons. The number of ether oxygens (including phenoxy) is 1. The Bertz CT molecular complexity index is 404. The van der Waals surface area contributed by atoms with Crippen LogP contribution in [0.5, 0.6) is 0 Å². The fraction of sp³-hybridized carbons (Fsp3) is 0.467. The molecule has 1 aromatic rings. The largest absolute Gasteiger partial charge is 0.469 e. The summed E-state index contributed by atoms with van der Waals surface area (Å²) < 4.78 is 4.50. The van der Waals surface area contributed by atoms with Crippen molar-refractivity contribution in [3.05, 3.63) is 35.4 Å². The molecular formula is C15H20O3. The van der Waals surface area contributed by atoms with Crippen LogP contribution < -0.4 is 0 Å². The number of ketones is 1. The van der Waals surface area contributed by atoms with E-state index in [9.17, 15) is 9.59 Å². The first-order valence-corrected chi connectivity index (χ1v) is 6.20. The first-order chi connectivity index (χ1) is 8.52. The standard InChI is InChI=1S/C15H20O3/c1-11(2)13-6-4-12(5-7-13)10-14(16)8-9-15(17)18-3/h4-7,11H,8-10H2,1-3H3. The molecule has 0 amide bonds. The van der Waals surface area contributed by atoms with Crippen molar-refractivity contribution in [1.82, 2.24) is 0 Å². The van der Waals surface area contributed by atoms with Crippen LogP contribution in [0.25, 0.3) is 0 Å². The van der Waals surface area contributed by atoms with Gasteiger partial charge < -0.3 is 4.74 Å². The Morgan fingerprint density at radius 1 is 1.11 bits per heavy atom. The van der Waals surface area contributed by atoms with Crippen molar-refractivity contribution in [2.75, 3.05) is 7.11 Å². The van der Waals surface area contributed by atoms with Crippen molar-refractivity contribution < 1.29 is 14.3 Å². The van der Waals surface area contributed by atoms with Crippen LogP contribution >= 0.6 is 0 Å². The van der Waals surface area contributed by atoms with Crippen LogP contribution in [0, 0.1) is 0 Å². The van der Waals surface area contributed by atoms with Gasteiger partial charge in [-0.1, -0.05) is 38.1 Å². The van der Waals surface area contributed by atoms with Crippen molar-refractivity contribution >= 4 is 11.8 Å².